The molecule has 0 unspecified atom stereocenters. The minimum Gasteiger partial charge on any atom is -0.310 e. The van der Waals surface area contributed by atoms with Gasteiger partial charge >= 0.3 is 0 Å². The van der Waals surface area contributed by atoms with Gasteiger partial charge in [-0.1, -0.05) is 145 Å². The van der Waals surface area contributed by atoms with E-state index in [2.05, 4.69) is 137 Å². The van der Waals surface area contributed by atoms with Gasteiger partial charge in [-0.25, -0.2) is 0 Å². The summed E-state index contributed by atoms with van der Waals surface area (Å²) in [5.74, 6) is 0. The maximum absolute atomic E-state index is 8.55. The van der Waals surface area contributed by atoms with Crippen molar-refractivity contribution in [1.29, 1.82) is 0 Å². The van der Waals surface area contributed by atoms with Crippen LogP contribution in [0.15, 0.2) is 206 Å². The first-order valence-electron chi connectivity index (χ1n) is 19.2. The first-order valence-corrected chi connectivity index (χ1v) is 16.7. The number of rotatable bonds is 7. The third-order valence-corrected chi connectivity index (χ3v) is 9.27. The normalized spacial score (nSPS) is 12.6. The van der Waals surface area contributed by atoms with Crippen LogP contribution in [0.3, 0.4) is 0 Å². The number of hydrogen-bond acceptors (Lipinski definition) is 1. The lowest BCUT2D eigenvalue weighted by molar-refractivity contribution is 1.18. The predicted molar refractivity (Wildman–Crippen MR) is 212 cm³/mol. The highest BCUT2D eigenvalue weighted by atomic mass is 15.1. The highest BCUT2D eigenvalue weighted by Crippen LogP contribution is 2.42. The maximum atomic E-state index is 8.55. The van der Waals surface area contributed by atoms with Gasteiger partial charge in [-0.2, -0.15) is 0 Å². The third kappa shape index (κ3) is 5.34. The fourth-order valence-electron chi connectivity index (χ4n) is 6.98. The molecule has 9 aromatic rings. The van der Waals surface area contributed by atoms with Crippen molar-refractivity contribution in [3.05, 3.63) is 206 Å². The molecule has 0 aliphatic carbocycles. The van der Waals surface area contributed by atoms with Gasteiger partial charge in [0.05, 0.1) is 17.9 Å². The highest BCUT2D eigenvalue weighted by molar-refractivity contribution is 6.15. The second-order valence-corrected chi connectivity index (χ2v) is 12.2. The zero-order valence-electron chi connectivity index (χ0n) is 32.1. The second kappa shape index (κ2) is 12.8. The average molecular weight is 644 g/mol. The first-order chi connectivity index (χ1) is 26.9. The van der Waals surface area contributed by atoms with Gasteiger partial charge in [-0.3, -0.25) is 0 Å². The Morgan fingerprint density at radius 2 is 0.960 bits per heavy atom. The van der Waals surface area contributed by atoms with Crippen LogP contribution in [0.5, 0.6) is 0 Å². The summed E-state index contributed by atoms with van der Waals surface area (Å²) >= 11 is 0. The molecule has 8 aromatic carbocycles. The molecular formula is C48H34N2. The maximum Gasteiger partial charge on any atom is 0.0629 e. The number of hydrogen-bond donors (Lipinski definition) is 0. The lowest BCUT2D eigenvalue weighted by atomic mass is 9.98. The largest absolute Gasteiger partial charge is 0.310 e. The van der Waals surface area contributed by atoms with E-state index < -0.39 is 6.04 Å². The molecule has 50 heavy (non-hydrogen) atoms. The van der Waals surface area contributed by atoms with Crippen LogP contribution in [0.25, 0.3) is 60.9 Å². The number of para-hydroxylation sites is 2. The van der Waals surface area contributed by atoms with E-state index in [9.17, 15) is 0 Å². The molecule has 0 N–H and O–H groups in total. The van der Waals surface area contributed by atoms with E-state index >= 15 is 0 Å². The molecule has 1 aromatic heterocycles. The molecule has 0 amide bonds. The Balaban J connectivity index is 1.20. The van der Waals surface area contributed by atoms with Crippen LogP contribution in [-0.2, 0) is 0 Å². The minimum absolute atomic E-state index is 0.182. The van der Waals surface area contributed by atoms with Gasteiger partial charge in [0.1, 0.15) is 0 Å². The Bertz CT molecular complexity index is 2820. The zero-order valence-corrected chi connectivity index (χ0v) is 27.1. The van der Waals surface area contributed by atoms with Crippen LogP contribution in [0.2, 0.25) is 0 Å². The summed E-state index contributed by atoms with van der Waals surface area (Å²) in [5.41, 5.74) is 11.3. The molecule has 0 aliphatic rings. The summed E-state index contributed by atoms with van der Waals surface area (Å²) in [6, 6.07) is 58.9. The molecule has 236 valence electrons. The number of fused-ring (bicyclic) bond motifs is 3. The molecule has 2 nitrogen and oxygen atoms in total. The molecule has 0 saturated heterocycles. The lowest BCUT2D eigenvalue weighted by Gasteiger charge is -2.26. The van der Waals surface area contributed by atoms with Gasteiger partial charge < -0.3 is 9.47 Å². The minimum atomic E-state index is -0.402. The summed E-state index contributed by atoms with van der Waals surface area (Å²) in [5, 5.41) is 2.36. The summed E-state index contributed by atoms with van der Waals surface area (Å²) < 4.78 is 43.9. The Kier molecular flexibility index (Phi) is 6.25. The van der Waals surface area contributed by atoms with Crippen molar-refractivity contribution in [2.45, 2.75) is 0 Å². The second-order valence-electron chi connectivity index (χ2n) is 12.2. The van der Waals surface area contributed by atoms with Crippen LogP contribution in [0.4, 0.5) is 17.1 Å². The number of nitrogens with zero attached hydrogens (tertiary/aromatic N) is 2. The highest BCUT2D eigenvalue weighted by Gasteiger charge is 2.18. The van der Waals surface area contributed by atoms with E-state index in [4.69, 9.17) is 6.85 Å². The smallest absolute Gasteiger partial charge is 0.0629 e. The van der Waals surface area contributed by atoms with Gasteiger partial charge in [0.2, 0.25) is 0 Å². The molecule has 0 spiro atoms. The number of aromatic nitrogens is 1. The van der Waals surface area contributed by atoms with Crippen molar-refractivity contribution in [3.8, 4) is 39.1 Å². The van der Waals surface area contributed by atoms with Crippen LogP contribution < -0.4 is 4.90 Å². The first kappa shape index (κ1) is 24.5. The van der Waals surface area contributed by atoms with Gasteiger partial charge in [0, 0.05) is 33.5 Å². The van der Waals surface area contributed by atoms with Gasteiger partial charge in [0.25, 0.3) is 0 Å². The van der Waals surface area contributed by atoms with E-state index in [0.29, 0.717) is 5.56 Å². The van der Waals surface area contributed by atoms with Gasteiger partial charge in [-0.05, 0) is 94.0 Å². The zero-order chi connectivity index (χ0) is 37.6. The summed E-state index contributed by atoms with van der Waals surface area (Å²) in [6.07, 6.45) is 0. The van der Waals surface area contributed by atoms with Crippen LogP contribution in [0, 0.1) is 0 Å². The summed E-state index contributed by atoms with van der Waals surface area (Å²) in [6.45, 7) is 0. The van der Waals surface area contributed by atoms with E-state index in [0.717, 1.165) is 56.0 Å². The van der Waals surface area contributed by atoms with Crippen molar-refractivity contribution >= 4 is 38.9 Å². The Morgan fingerprint density at radius 1 is 0.400 bits per heavy atom. The number of benzene rings is 8. The summed E-state index contributed by atoms with van der Waals surface area (Å²) in [7, 11) is 0. The fourth-order valence-corrected chi connectivity index (χ4v) is 6.98. The number of anilines is 3. The molecule has 0 saturated carbocycles. The van der Waals surface area contributed by atoms with Gasteiger partial charge in [-0.15, -0.1) is 0 Å². The topological polar surface area (TPSA) is 8.17 Å². The molecule has 0 bridgehead atoms. The van der Waals surface area contributed by atoms with Crippen molar-refractivity contribution < 1.29 is 6.85 Å². The van der Waals surface area contributed by atoms with Crippen molar-refractivity contribution in [2.24, 2.45) is 0 Å². The van der Waals surface area contributed by atoms with Crippen LogP contribution in [0.1, 0.15) is 6.85 Å². The molecule has 0 aliphatic heterocycles. The lowest BCUT2D eigenvalue weighted by Crippen LogP contribution is -2.10. The molecular weight excluding hydrogens is 605 g/mol. The Labute approximate surface area is 299 Å². The fraction of sp³-hybridized carbons (Fsp3) is 0. The molecule has 0 radical (unpaired) electrons. The van der Waals surface area contributed by atoms with Crippen molar-refractivity contribution in [3.63, 3.8) is 0 Å². The van der Waals surface area contributed by atoms with Gasteiger partial charge in [0.15, 0.2) is 0 Å². The molecule has 0 fully saturated rings. The van der Waals surface area contributed by atoms with Crippen molar-refractivity contribution in [2.75, 3.05) is 4.90 Å². The Hall–Kier alpha value is -6.64. The predicted octanol–water partition coefficient (Wildman–Crippen LogP) is 13.3. The van der Waals surface area contributed by atoms with Crippen LogP contribution in [-0.4, -0.2) is 4.57 Å². The molecule has 0 atom stereocenters. The van der Waals surface area contributed by atoms with E-state index in [1.165, 1.54) is 10.8 Å². The van der Waals surface area contributed by atoms with Crippen molar-refractivity contribution in [1.82, 2.24) is 4.57 Å². The third-order valence-electron chi connectivity index (χ3n) is 9.27. The van der Waals surface area contributed by atoms with E-state index in [1.807, 2.05) is 48.5 Å². The van der Waals surface area contributed by atoms with Crippen LogP contribution >= 0.6 is 0 Å². The SMILES string of the molecule is [2H]c1c([2H])c([2H])c(-c2ccc(N(c3ccc(-c4ccccc4)cc3)c3cccc(-c4cccc5c4c4ccccc4n5-c4ccccc4)c3)cc2)c([2H])c1[2H]. The Morgan fingerprint density at radius 3 is 1.68 bits per heavy atom. The monoisotopic (exact) mass is 643 g/mol. The molecule has 1 heterocycles. The standard InChI is InChI=1S/C48H34N2/c1-4-14-35(15-5-1)37-26-30-41(31-27-37)49(42-32-28-38(29-33-42)36-16-6-2-7-17-36)43-21-12-18-39(34-43)44-23-13-25-47-48(44)45-22-10-11-24-46(45)50(47)40-19-8-3-9-20-40/h1-34H/i1D,4D,5D,14D,15D. The molecule has 2 heteroatoms. The summed E-state index contributed by atoms with van der Waals surface area (Å²) in [4.78, 5) is 2.19. The van der Waals surface area contributed by atoms with E-state index in [1.54, 1.807) is 0 Å². The van der Waals surface area contributed by atoms with E-state index in [-0.39, 0.29) is 29.7 Å². The average Bonchev–Trinajstić information content (AvgIpc) is 3.58. The molecule has 9 rings (SSSR count). The quantitative estimate of drug-likeness (QED) is 0.168.